The summed E-state index contributed by atoms with van der Waals surface area (Å²) in [4.78, 5) is 30.7. The number of hydrogen-bond donors (Lipinski definition) is 1. The summed E-state index contributed by atoms with van der Waals surface area (Å²) < 4.78 is 18.5. The number of nitrogens with one attached hydrogen (secondary N) is 1. The first kappa shape index (κ1) is 21.6. The van der Waals surface area contributed by atoms with Crippen LogP contribution in [0.3, 0.4) is 0 Å². The molecule has 2 aromatic rings. The molecule has 0 aliphatic carbocycles. The van der Waals surface area contributed by atoms with Crippen molar-refractivity contribution in [1.82, 2.24) is 15.2 Å². The molecular weight excluding hydrogens is 361 g/mol. The van der Waals surface area contributed by atoms with Gasteiger partial charge in [-0.15, -0.1) is 0 Å². The largest absolute Gasteiger partial charge is 0.446 e. The number of oxazole rings is 1. The normalized spacial score (nSPS) is 11.1. The topological polar surface area (TPSA) is 75.4 Å². The van der Waals surface area contributed by atoms with Crippen LogP contribution >= 0.6 is 0 Å². The predicted octanol–water partition coefficient (Wildman–Crippen LogP) is 3.43. The third-order valence-electron chi connectivity index (χ3n) is 3.99. The van der Waals surface area contributed by atoms with Gasteiger partial charge in [0, 0.05) is 13.1 Å². The van der Waals surface area contributed by atoms with E-state index >= 15 is 0 Å². The molecule has 0 aliphatic heterocycles. The van der Waals surface area contributed by atoms with E-state index in [9.17, 15) is 14.0 Å². The van der Waals surface area contributed by atoms with Crippen LogP contribution in [0, 0.1) is 17.7 Å². The van der Waals surface area contributed by atoms with Gasteiger partial charge in [0.2, 0.25) is 11.8 Å². The Bertz CT molecular complexity index is 784. The Morgan fingerprint density at radius 1 is 1.14 bits per heavy atom. The Morgan fingerprint density at radius 2 is 1.82 bits per heavy atom. The van der Waals surface area contributed by atoms with E-state index in [1.54, 1.807) is 17.0 Å². The first-order chi connectivity index (χ1) is 13.2. The Balaban J connectivity index is 2.04. The molecule has 0 unspecified atom stereocenters. The lowest BCUT2D eigenvalue weighted by atomic mass is 10.1. The highest BCUT2D eigenvalue weighted by molar-refractivity contribution is 5.91. The van der Waals surface area contributed by atoms with Gasteiger partial charge in [0.1, 0.15) is 12.1 Å². The average Bonchev–Trinajstić information content (AvgIpc) is 3.09. The molecule has 0 atom stereocenters. The number of carbonyl (C=O) groups excluding carboxylic acids is 2. The number of hydrogen-bond acceptors (Lipinski definition) is 4. The van der Waals surface area contributed by atoms with Gasteiger partial charge in [0.25, 0.3) is 5.91 Å². The van der Waals surface area contributed by atoms with Crippen LogP contribution in [-0.4, -0.2) is 34.8 Å². The molecule has 0 aliphatic rings. The second-order valence-electron chi connectivity index (χ2n) is 7.70. The maximum absolute atomic E-state index is 13.1. The van der Waals surface area contributed by atoms with E-state index in [1.807, 2.05) is 27.7 Å². The van der Waals surface area contributed by atoms with Crippen LogP contribution in [0.15, 0.2) is 34.9 Å². The summed E-state index contributed by atoms with van der Waals surface area (Å²) in [7, 11) is 0. The molecular formula is C21H28FN3O3. The zero-order valence-corrected chi connectivity index (χ0v) is 16.9. The molecule has 1 aromatic carbocycles. The summed E-state index contributed by atoms with van der Waals surface area (Å²) in [6, 6.07) is 5.88. The SMILES string of the molecule is CC(C)CNC(=O)c1coc(CN(CC(C)C)C(=O)Cc2ccc(F)cc2)n1. The molecule has 152 valence electrons. The van der Waals surface area contributed by atoms with E-state index in [0.717, 1.165) is 5.56 Å². The van der Waals surface area contributed by atoms with E-state index in [2.05, 4.69) is 10.3 Å². The van der Waals surface area contributed by atoms with Gasteiger partial charge in [-0.05, 0) is 29.5 Å². The van der Waals surface area contributed by atoms with Crippen molar-refractivity contribution in [3.63, 3.8) is 0 Å². The molecule has 0 saturated carbocycles. The lowest BCUT2D eigenvalue weighted by Crippen LogP contribution is -2.35. The van der Waals surface area contributed by atoms with Gasteiger partial charge in [-0.2, -0.15) is 0 Å². The first-order valence-electron chi connectivity index (χ1n) is 9.49. The number of rotatable bonds is 9. The second-order valence-corrected chi connectivity index (χ2v) is 7.70. The van der Waals surface area contributed by atoms with E-state index in [0.29, 0.717) is 24.9 Å². The van der Waals surface area contributed by atoms with Crippen molar-refractivity contribution in [1.29, 1.82) is 0 Å². The van der Waals surface area contributed by atoms with Crippen LogP contribution in [0.5, 0.6) is 0 Å². The van der Waals surface area contributed by atoms with E-state index < -0.39 is 0 Å². The molecule has 0 fully saturated rings. The van der Waals surface area contributed by atoms with E-state index in [-0.39, 0.29) is 42.2 Å². The minimum atomic E-state index is -0.335. The van der Waals surface area contributed by atoms with Crippen LogP contribution < -0.4 is 5.32 Å². The average molecular weight is 389 g/mol. The minimum Gasteiger partial charge on any atom is -0.446 e. The fraction of sp³-hybridized carbons (Fsp3) is 0.476. The number of halogens is 1. The Morgan fingerprint density at radius 3 is 2.43 bits per heavy atom. The molecule has 0 saturated heterocycles. The van der Waals surface area contributed by atoms with Gasteiger partial charge in [-0.25, -0.2) is 9.37 Å². The lowest BCUT2D eigenvalue weighted by Gasteiger charge is -2.23. The highest BCUT2D eigenvalue weighted by Gasteiger charge is 2.20. The highest BCUT2D eigenvalue weighted by atomic mass is 19.1. The van der Waals surface area contributed by atoms with Crippen LogP contribution in [0.25, 0.3) is 0 Å². The molecule has 1 N–H and O–H groups in total. The zero-order valence-electron chi connectivity index (χ0n) is 16.9. The molecule has 2 amide bonds. The third kappa shape index (κ3) is 6.79. The number of nitrogens with zero attached hydrogens (tertiary/aromatic N) is 2. The molecule has 0 spiro atoms. The van der Waals surface area contributed by atoms with Crippen LogP contribution in [-0.2, 0) is 17.8 Å². The zero-order chi connectivity index (χ0) is 20.7. The standard InChI is InChI=1S/C21H28FN3O3/c1-14(2)10-23-21(27)18-13-28-19(24-18)12-25(11-15(3)4)20(26)9-16-5-7-17(22)8-6-16/h5-8,13-15H,9-12H2,1-4H3,(H,23,27). The van der Waals surface area contributed by atoms with Crippen molar-refractivity contribution >= 4 is 11.8 Å². The van der Waals surface area contributed by atoms with Gasteiger partial charge in [-0.1, -0.05) is 39.8 Å². The van der Waals surface area contributed by atoms with E-state index in [1.165, 1.54) is 18.4 Å². The minimum absolute atomic E-state index is 0.107. The van der Waals surface area contributed by atoms with Crippen molar-refractivity contribution in [2.45, 2.75) is 40.7 Å². The Labute approximate surface area is 165 Å². The van der Waals surface area contributed by atoms with Crippen molar-refractivity contribution in [2.75, 3.05) is 13.1 Å². The summed E-state index contributed by atoms with van der Waals surface area (Å²) >= 11 is 0. The second kappa shape index (κ2) is 10.0. The van der Waals surface area contributed by atoms with Crippen molar-refractivity contribution in [2.24, 2.45) is 11.8 Å². The molecule has 6 nitrogen and oxygen atoms in total. The number of benzene rings is 1. The number of amides is 2. The summed E-state index contributed by atoms with van der Waals surface area (Å²) in [6.45, 7) is 9.29. The van der Waals surface area contributed by atoms with Crippen LogP contribution in [0.2, 0.25) is 0 Å². The quantitative estimate of drug-likeness (QED) is 0.713. The number of aromatic nitrogens is 1. The van der Waals surface area contributed by atoms with Crippen molar-refractivity contribution in [3.8, 4) is 0 Å². The third-order valence-corrected chi connectivity index (χ3v) is 3.99. The molecule has 1 heterocycles. The summed E-state index contributed by atoms with van der Waals surface area (Å²) in [5.74, 6) is 0.157. The maximum atomic E-state index is 13.1. The van der Waals surface area contributed by atoms with Gasteiger partial charge in [-0.3, -0.25) is 9.59 Å². The molecule has 0 radical (unpaired) electrons. The molecule has 1 aromatic heterocycles. The van der Waals surface area contributed by atoms with Gasteiger partial charge >= 0.3 is 0 Å². The summed E-state index contributed by atoms with van der Waals surface area (Å²) in [6.07, 6.45) is 1.47. The smallest absolute Gasteiger partial charge is 0.273 e. The molecule has 2 rings (SSSR count). The highest BCUT2D eigenvalue weighted by Crippen LogP contribution is 2.12. The van der Waals surface area contributed by atoms with Gasteiger partial charge < -0.3 is 14.6 Å². The Hall–Kier alpha value is -2.70. The fourth-order valence-corrected chi connectivity index (χ4v) is 2.62. The van der Waals surface area contributed by atoms with Gasteiger partial charge in [0.15, 0.2) is 5.69 Å². The summed E-state index contributed by atoms with van der Waals surface area (Å²) in [5, 5.41) is 2.78. The monoisotopic (exact) mass is 389 g/mol. The molecule has 7 heteroatoms. The summed E-state index contributed by atoms with van der Waals surface area (Å²) in [5.41, 5.74) is 0.937. The van der Waals surface area contributed by atoms with E-state index in [4.69, 9.17) is 4.42 Å². The predicted molar refractivity (Wildman–Crippen MR) is 104 cm³/mol. The first-order valence-corrected chi connectivity index (χ1v) is 9.49. The Kier molecular flexibility index (Phi) is 7.72. The van der Waals surface area contributed by atoms with Gasteiger partial charge in [0.05, 0.1) is 13.0 Å². The lowest BCUT2D eigenvalue weighted by molar-refractivity contribution is -0.132. The number of carbonyl (C=O) groups is 2. The van der Waals surface area contributed by atoms with Crippen molar-refractivity contribution < 1.29 is 18.4 Å². The fourth-order valence-electron chi connectivity index (χ4n) is 2.62. The maximum Gasteiger partial charge on any atom is 0.273 e. The van der Waals surface area contributed by atoms with Crippen LogP contribution in [0.1, 0.15) is 49.6 Å². The molecule has 28 heavy (non-hydrogen) atoms. The molecule has 0 bridgehead atoms. The van der Waals surface area contributed by atoms with Crippen LogP contribution in [0.4, 0.5) is 4.39 Å². The van der Waals surface area contributed by atoms with Crippen molar-refractivity contribution in [3.05, 3.63) is 53.5 Å².